The lowest BCUT2D eigenvalue weighted by Gasteiger charge is -2.26. The number of fused-ring (bicyclic) bond motifs is 1. The molecule has 0 radical (unpaired) electrons. The number of benzene rings is 1. The van der Waals surface area contributed by atoms with Gasteiger partial charge in [-0.3, -0.25) is 9.69 Å². The van der Waals surface area contributed by atoms with Gasteiger partial charge in [-0.1, -0.05) is 12.1 Å². The Morgan fingerprint density at radius 2 is 2.13 bits per heavy atom. The molecule has 0 spiro atoms. The molecule has 3 rings (SSSR count). The SMILES string of the molecule is Nc1c(C(=O)NCCN2CCOCC2)nnc2c(F)cccc12. The third kappa shape index (κ3) is 3.38. The number of ether oxygens (including phenoxy) is 1. The molecule has 23 heavy (non-hydrogen) atoms. The lowest BCUT2D eigenvalue weighted by molar-refractivity contribution is 0.0383. The minimum Gasteiger partial charge on any atom is -0.396 e. The summed E-state index contributed by atoms with van der Waals surface area (Å²) in [6.45, 7) is 4.33. The van der Waals surface area contributed by atoms with Crippen LogP contribution in [0.3, 0.4) is 0 Å². The van der Waals surface area contributed by atoms with Gasteiger partial charge >= 0.3 is 0 Å². The third-order valence-corrected chi connectivity index (χ3v) is 3.81. The van der Waals surface area contributed by atoms with Gasteiger partial charge < -0.3 is 15.8 Å². The maximum absolute atomic E-state index is 13.6. The number of halogens is 1. The number of amides is 1. The Morgan fingerprint density at radius 3 is 2.91 bits per heavy atom. The third-order valence-electron chi connectivity index (χ3n) is 3.81. The van der Waals surface area contributed by atoms with E-state index in [0.717, 1.165) is 19.6 Å². The highest BCUT2D eigenvalue weighted by Crippen LogP contribution is 2.22. The molecular formula is C15H18FN5O2. The van der Waals surface area contributed by atoms with E-state index in [1.807, 2.05) is 0 Å². The predicted molar refractivity (Wildman–Crippen MR) is 83.5 cm³/mol. The molecule has 1 amide bonds. The van der Waals surface area contributed by atoms with Crippen molar-refractivity contribution in [1.82, 2.24) is 20.4 Å². The van der Waals surface area contributed by atoms with Crippen LogP contribution in [0.1, 0.15) is 10.5 Å². The number of hydrogen-bond acceptors (Lipinski definition) is 6. The predicted octanol–water partition coefficient (Wildman–Crippen LogP) is 0.413. The second-order valence-electron chi connectivity index (χ2n) is 5.31. The second-order valence-corrected chi connectivity index (χ2v) is 5.31. The molecule has 3 N–H and O–H groups in total. The Balaban J connectivity index is 1.67. The van der Waals surface area contributed by atoms with E-state index in [1.165, 1.54) is 12.1 Å². The number of nitrogens with zero attached hydrogens (tertiary/aromatic N) is 3. The Bertz CT molecular complexity index is 718. The first-order valence-corrected chi connectivity index (χ1v) is 7.45. The van der Waals surface area contributed by atoms with Crippen LogP contribution in [0.5, 0.6) is 0 Å². The normalized spacial score (nSPS) is 15.7. The van der Waals surface area contributed by atoms with Gasteiger partial charge in [0, 0.05) is 31.6 Å². The number of hydrogen-bond donors (Lipinski definition) is 2. The lowest BCUT2D eigenvalue weighted by atomic mass is 10.1. The fourth-order valence-electron chi connectivity index (χ4n) is 2.52. The van der Waals surface area contributed by atoms with Gasteiger partial charge in [0.1, 0.15) is 5.52 Å². The van der Waals surface area contributed by atoms with Gasteiger partial charge in [-0.25, -0.2) is 4.39 Å². The average Bonchev–Trinajstić information content (AvgIpc) is 2.57. The topological polar surface area (TPSA) is 93.4 Å². The molecule has 0 unspecified atom stereocenters. The number of morpholine rings is 1. The van der Waals surface area contributed by atoms with E-state index in [4.69, 9.17) is 10.5 Å². The second kappa shape index (κ2) is 6.84. The largest absolute Gasteiger partial charge is 0.396 e. The van der Waals surface area contributed by atoms with Crippen molar-refractivity contribution in [2.24, 2.45) is 0 Å². The first-order chi connectivity index (χ1) is 11.2. The van der Waals surface area contributed by atoms with Gasteiger partial charge in [0.05, 0.1) is 18.9 Å². The molecular weight excluding hydrogens is 301 g/mol. The zero-order valence-electron chi connectivity index (χ0n) is 12.6. The van der Waals surface area contributed by atoms with E-state index in [9.17, 15) is 9.18 Å². The summed E-state index contributed by atoms with van der Waals surface area (Å²) in [6.07, 6.45) is 0. The van der Waals surface area contributed by atoms with Crippen molar-refractivity contribution in [1.29, 1.82) is 0 Å². The van der Waals surface area contributed by atoms with Gasteiger partial charge in [-0.05, 0) is 6.07 Å². The van der Waals surface area contributed by atoms with Crippen LogP contribution in [0.2, 0.25) is 0 Å². The van der Waals surface area contributed by atoms with Crippen LogP contribution in [0.25, 0.3) is 10.9 Å². The van der Waals surface area contributed by atoms with Crippen LogP contribution in [0.15, 0.2) is 18.2 Å². The summed E-state index contributed by atoms with van der Waals surface area (Å²) < 4.78 is 18.9. The van der Waals surface area contributed by atoms with Crippen LogP contribution >= 0.6 is 0 Å². The fourth-order valence-corrected chi connectivity index (χ4v) is 2.52. The molecule has 0 bridgehead atoms. The number of anilines is 1. The standard InChI is InChI=1S/C15H18FN5O2/c16-11-3-1-2-10-12(17)14(20-19-13(10)11)15(22)18-4-5-21-6-8-23-9-7-21/h1-3H,4-9H2,(H2,17,19)(H,18,22). The van der Waals surface area contributed by atoms with Gasteiger partial charge in [0.2, 0.25) is 0 Å². The monoisotopic (exact) mass is 319 g/mol. The molecule has 2 heterocycles. The maximum Gasteiger partial charge on any atom is 0.274 e. The quantitative estimate of drug-likeness (QED) is 0.848. The molecule has 1 saturated heterocycles. The summed E-state index contributed by atoms with van der Waals surface area (Å²) in [5.41, 5.74) is 6.17. The molecule has 122 valence electrons. The van der Waals surface area contributed by atoms with Crippen LogP contribution in [0.4, 0.5) is 10.1 Å². The zero-order chi connectivity index (χ0) is 16.2. The van der Waals surface area contributed by atoms with Crippen LogP contribution in [-0.2, 0) is 4.74 Å². The Morgan fingerprint density at radius 1 is 1.35 bits per heavy atom. The summed E-state index contributed by atoms with van der Waals surface area (Å²) in [4.78, 5) is 14.4. The zero-order valence-corrected chi connectivity index (χ0v) is 12.6. The summed E-state index contributed by atoms with van der Waals surface area (Å²) >= 11 is 0. The van der Waals surface area contributed by atoms with Crippen molar-refractivity contribution in [3.05, 3.63) is 29.7 Å². The average molecular weight is 319 g/mol. The number of aromatic nitrogens is 2. The molecule has 7 nitrogen and oxygen atoms in total. The van der Waals surface area contributed by atoms with Crippen molar-refractivity contribution in [3.63, 3.8) is 0 Å². The van der Waals surface area contributed by atoms with Crippen molar-refractivity contribution in [2.45, 2.75) is 0 Å². The Hall–Kier alpha value is -2.32. The number of nitrogens with one attached hydrogen (secondary N) is 1. The molecule has 8 heteroatoms. The minimum absolute atomic E-state index is 0.0186. The number of nitrogens with two attached hydrogens (primary N) is 1. The summed E-state index contributed by atoms with van der Waals surface area (Å²) in [7, 11) is 0. The molecule has 1 fully saturated rings. The Labute approximate surface area is 132 Å². The first-order valence-electron chi connectivity index (χ1n) is 7.45. The van der Waals surface area contributed by atoms with Crippen LogP contribution in [0, 0.1) is 5.82 Å². The van der Waals surface area contributed by atoms with Gasteiger partial charge in [0.15, 0.2) is 11.5 Å². The van der Waals surface area contributed by atoms with Crippen molar-refractivity contribution < 1.29 is 13.9 Å². The minimum atomic E-state index is -0.513. The van der Waals surface area contributed by atoms with E-state index < -0.39 is 11.7 Å². The molecule has 1 aromatic heterocycles. The van der Waals surface area contributed by atoms with Crippen molar-refractivity contribution >= 4 is 22.5 Å². The van der Waals surface area contributed by atoms with E-state index in [0.29, 0.717) is 25.1 Å². The van der Waals surface area contributed by atoms with Crippen molar-refractivity contribution in [2.75, 3.05) is 45.1 Å². The molecule has 2 aromatic rings. The Kier molecular flexibility index (Phi) is 4.63. The summed E-state index contributed by atoms with van der Waals surface area (Å²) in [5.74, 6) is -0.921. The smallest absolute Gasteiger partial charge is 0.274 e. The van der Waals surface area contributed by atoms with Crippen molar-refractivity contribution in [3.8, 4) is 0 Å². The maximum atomic E-state index is 13.6. The first kappa shape index (κ1) is 15.6. The molecule has 0 saturated carbocycles. The van der Waals surface area contributed by atoms with Gasteiger partial charge in [0.25, 0.3) is 5.91 Å². The molecule has 1 aliphatic rings. The van der Waals surface area contributed by atoms with E-state index in [2.05, 4.69) is 20.4 Å². The highest BCUT2D eigenvalue weighted by Gasteiger charge is 2.17. The molecule has 0 atom stereocenters. The van der Waals surface area contributed by atoms with Gasteiger partial charge in [-0.15, -0.1) is 10.2 Å². The number of carbonyl (C=O) groups is 1. The fraction of sp³-hybridized carbons (Fsp3) is 0.400. The summed E-state index contributed by atoms with van der Waals surface area (Å²) in [5, 5.41) is 10.7. The molecule has 0 aliphatic carbocycles. The van der Waals surface area contributed by atoms with E-state index >= 15 is 0 Å². The van der Waals surface area contributed by atoms with Gasteiger partial charge in [-0.2, -0.15) is 0 Å². The highest BCUT2D eigenvalue weighted by atomic mass is 19.1. The number of carbonyl (C=O) groups excluding carboxylic acids is 1. The molecule has 1 aromatic carbocycles. The van der Waals surface area contributed by atoms with Crippen LogP contribution < -0.4 is 11.1 Å². The lowest BCUT2D eigenvalue weighted by Crippen LogP contribution is -2.41. The summed E-state index contributed by atoms with van der Waals surface area (Å²) in [6, 6.07) is 4.42. The highest BCUT2D eigenvalue weighted by molar-refractivity contribution is 6.04. The van der Waals surface area contributed by atoms with Crippen LogP contribution in [-0.4, -0.2) is 60.4 Å². The van der Waals surface area contributed by atoms with E-state index in [-0.39, 0.29) is 16.9 Å². The number of rotatable bonds is 4. The number of nitrogen functional groups attached to an aromatic ring is 1. The molecule has 1 aliphatic heterocycles. The van der Waals surface area contributed by atoms with E-state index in [1.54, 1.807) is 6.07 Å².